The zero-order chi connectivity index (χ0) is 16.4. The van der Waals surface area contributed by atoms with Crippen LogP contribution < -0.4 is 5.32 Å². The van der Waals surface area contributed by atoms with E-state index in [1.807, 2.05) is 11.0 Å². The highest BCUT2D eigenvalue weighted by molar-refractivity contribution is 7.92. The SMILES string of the molecule is CN=C(NCc1cccc(C)c1)N1CCS(=O)(=O)C(C)(C)C1. The largest absolute Gasteiger partial charge is 0.352 e. The molecule has 0 bridgehead atoms. The average Bonchev–Trinajstić information content (AvgIpc) is 2.43. The number of rotatable bonds is 2. The van der Waals surface area contributed by atoms with E-state index in [-0.39, 0.29) is 5.75 Å². The number of aryl methyl sites for hydroxylation is 1. The lowest BCUT2D eigenvalue weighted by Gasteiger charge is -2.39. The lowest BCUT2D eigenvalue weighted by atomic mass is 10.1. The fourth-order valence-electron chi connectivity index (χ4n) is 2.66. The van der Waals surface area contributed by atoms with Gasteiger partial charge in [-0.1, -0.05) is 29.8 Å². The molecule has 2 rings (SSSR count). The van der Waals surface area contributed by atoms with Gasteiger partial charge in [-0.3, -0.25) is 4.99 Å². The Morgan fingerprint density at radius 1 is 1.41 bits per heavy atom. The molecule has 1 saturated heterocycles. The van der Waals surface area contributed by atoms with Crippen molar-refractivity contribution in [3.63, 3.8) is 0 Å². The molecule has 0 amide bonds. The summed E-state index contributed by atoms with van der Waals surface area (Å²) in [6.07, 6.45) is 0. The van der Waals surface area contributed by atoms with E-state index >= 15 is 0 Å². The van der Waals surface area contributed by atoms with Crippen molar-refractivity contribution in [3.05, 3.63) is 35.4 Å². The second-order valence-corrected chi connectivity index (χ2v) is 9.13. The molecule has 0 unspecified atom stereocenters. The maximum absolute atomic E-state index is 12.1. The van der Waals surface area contributed by atoms with Crippen LogP contribution in [0.4, 0.5) is 0 Å². The van der Waals surface area contributed by atoms with Gasteiger partial charge in [0.05, 0.1) is 10.5 Å². The summed E-state index contributed by atoms with van der Waals surface area (Å²) in [6, 6.07) is 8.30. The molecule has 1 fully saturated rings. The Balaban J connectivity index is 2.04. The quantitative estimate of drug-likeness (QED) is 0.663. The summed E-state index contributed by atoms with van der Waals surface area (Å²) in [7, 11) is -1.30. The van der Waals surface area contributed by atoms with Gasteiger partial charge in [-0.05, 0) is 26.3 Å². The van der Waals surface area contributed by atoms with Gasteiger partial charge in [0, 0.05) is 26.7 Å². The van der Waals surface area contributed by atoms with Crippen molar-refractivity contribution in [2.75, 3.05) is 25.9 Å². The zero-order valence-corrected chi connectivity index (χ0v) is 14.6. The van der Waals surface area contributed by atoms with Crippen LogP contribution >= 0.6 is 0 Å². The summed E-state index contributed by atoms with van der Waals surface area (Å²) in [5.41, 5.74) is 2.41. The summed E-state index contributed by atoms with van der Waals surface area (Å²) < 4.78 is 23.4. The van der Waals surface area contributed by atoms with Crippen molar-refractivity contribution in [3.8, 4) is 0 Å². The maximum Gasteiger partial charge on any atom is 0.193 e. The van der Waals surface area contributed by atoms with E-state index in [9.17, 15) is 8.42 Å². The number of hydrogen-bond donors (Lipinski definition) is 1. The molecule has 1 aromatic carbocycles. The molecule has 1 aromatic rings. The second-order valence-electron chi connectivity index (χ2n) is 6.39. The third-order valence-electron chi connectivity index (χ3n) is 4.09. The molecule has 1 aliphatic heterocycles. The van der Waals surface area contributed by atoms with Crippen LogP contribution in [0.5, 0.6) is 0 Å². The second kappa shape index (κ2) is 6.28. The van der Waals surface area contributed by atoms with Gasteiger partial charge in [0.2, 0.25) is 0 Å². The molecule has 0 aliphatic carbocycles. The molecule has 0 aromatic heterocycles. The highest BCUT2D eigenvalue weighted by Gasteiger charge is 2.40. The van der Waals surface area contributed by atoms with Gasteiger partial charge >= 0.3 is 0 Å². The van der Waals surface area contributed by atoms with E-state index in [1.54, 1.807) is 20.9 Å². The minimum atomic E-state index is -3.03. The Morgan fingerprint density at radius 2 is 2.14 bits per heavy atom. The Hall–Kier alpha value is -1.56. The molecule has 22 heavy (non-hydrogen) atoms. The molecular weight excluding hydrogens is 298 g/mol. The number of hydrogen-bond acceptors (Lipinski definition) is 3. The number of guanidine groups is 1. The smallest absolute Gasteiger partial charge is 0.193 e. The van der Waals surface area contributed by atoms with Gasteiger partial charge in [0.1, 0.15) is 0 Å². The standard InChI is InChI=1S/C16H25N3O2S/c1-13-6-5-7-14(10-13)11-18-15(17-4)19-8-9-22(20,21)16(2,3)12-19/h5-7,10H,8-9,11-12H2,1-4H3,(H,17,18). The molecule has 1 N–H and O–H groups in total. The van der Waals surface area contributed by atoms with Crippen LogP contribution in [-0.2, 0) is 16.4 Å². The Kier molecular flexibility index (Phi) is 4.80. The fraction of sp³-hybridized carbons (Fsp3) is 0.562. The van der Waals surface area contributed by atoms with Crippen LogP contribution in [0.15, 0.2) is 29.3 Å². The molecule has 0 spiro atoms. The first-order chi connectivity index (χ1) is 10.2. The highest BCUT2D eigenvalue weighted by atomic mass is 32.2. The van der Waals surface area contributed by atoms with Gasteiger partial charge in [-0.15, -0.1) is 0 Å². The van der Waals surface area contributed by atoms with Crippen LogP contribution in [0, 0.1) is 6.92 Å². The minimum absolute atomic E-state index is 0.172. The van der Waals surface area contributed by atoms with Crippen LogP contribution in [-0.4, -0.2) is 49.9 Å². The van der Waals surface area contributed by atoms with Crippen molar-refractivity contribution in [1.82, 2.24) is 10.2 Å². The third-order valence-corrected chi connectivity index (χ3v) is 6.62. The van der Waals surface area contributed by atoms with Crippen molar-refractivity contribution in [2.45, 2.75) is 32.1 Å². The number of nitrogens with zero attached hydrogens (tertiary/aromatic N) is 2. The first-order valence-electron chi connectivity index (χ1n) is 7.49. The first kappa shape index (κ1) is 16.8. The minimum Gasteiger partial charge on any atom is -0.352 e. The maximum atomic E-state index is 12.1. The van der Waals surface area contributed by atoms with Gasteiger partial charge in [-0.25, -0.2) is 8.42 Å². The third kappa shape index (κ3) is 3.61. The molecule has 0 radical (unpaired) electrons. The average molecular weight is 323 g/mol. The van der Waals surface area contributed by atoms with E-state index in [1.165, 1.54) is 11.1 Å². The molecule has 6 heteroatoms. The van der Waals surface area contributed by atoms with Crippen LogP contribution in [0.1, 0.15) is 25.0 Å². The fourth-order valence-corrected chi connectivity index (χ4v) is 4.03. The van der Waals surface area contributed by atoms with Gasteiger partial charge in [0.15, 0.2) is 15.8 Å². The lowest BCUT2D eigenvalue weighted by molar-refractivity contribution is 0.353. The topological polar surface area (TPSA) is 61.8 Å². The summed E-state index contributed by atoms with van der Waals surface area (Å²) in [6.45, 7) is 7.25. The predicted octanol–water partition coefficient (Wildman–Crippen LogP) is 1.58. The van der Waals surface area contributed by atoms with Gasteiger partial charge < -0.3 is 10.2 Å². The van der Waals surface area contributed by atoms with Crippen LogP contribution in [0.2, 0.25) is 0 Å². The normalized spacial score (nSPS) is 20.7. The Bertz CT molecular complexity index is 666. The van der Waals surface area contributed by atoms with Crippen molar-refractivity contribution in [1.29, 1.82) is 0 Å². The van der Waals surface area contributed by atoms with E-state index in [0.29, 0.717) is 19.6 Å². The number of aliphatic imine (C=N–C) groups is 1. The van der Waals surface area contributed by atoms with Crippen LogP contribution in [0.25, 0.3) is 0 Å². The monoisotopic (exact) mass is 323 g/mol. The van der Waals surface area contributed by atoms with Crippen molar-refractivity contribution in [2.24, 2.45) is 4.99 Å². The Morgan fingerprint density at radius 3 is 2.73 bits per heavy atom. The lowest BCUT2D eigenvalue weighted by Crippen LogP contribution is -2.57. The molecule has 1 heterocycles. The summed E-state index contributed by atoms with van der Waals surface area (Å²) in [4.78, 5) is 6.32. The van der Waals surface area contributed by atoms with E-state index in [4.69, 9.17) is 0 Å². The van der Waals surface area contributed by atoms with E-state index in [0.717, 1.165) is 5.96 Å². The molecular formula is C16H25N3O2S. The van der Waals surface area contributed by atoms with Crippen molar-refractivity contribution < 1.29 is 8.42 Å². The number of sulfone groups is 1. The zero-order valence-electron chi connectivity index (χ0n) is 13.8. The molecule has 0 saturated carbocycles. The van der Waals surface area contributed by atoms with E-state index in [2.05, 4.69) is 35.4 Å². The molecule has 122 valence electrons. The molecule has 5 nitrogen and oxygen atoms in total. The summed E-state index contributed by atoms with van der Waals surface area (Å²) in [5.74, 6) is 0.926. The van der Waals surface area contributed by atoms with Gasteiger partial charge in [-0.2, -0.15) is 0 Å². The Labute approximate surface area is 133 Å². The van der Waals surface area contributed by atoms with Crippen molar-refractivity contribution >= 4 is 15.8 Å². The number of benzene rings is 1. The molecule has 0 atom stereocenters. The summed E-state index contributed by atoms with van der Waals surface area (Å²) >= 11 is 0. The van der Waals surface area contributed by atoms with Gasteiger partial charge in [0.25, 0.3) is 0 Å². The highest BCUT2D eigenvalue weighted by Crippen LogP contribution is 2.23. The van der Waals surface area contributed by atoms with E-state index < -0.39 is 14.6 Å². The predicted molar refractivity (Wildman–Crippen MR) is 90.8 cm³/mol. The summed E-state index contributed by atoms with van der Waals surface area (Å²) in [5, 5.41) is 3.33. The first-order valence-corrected chi connectivity index (χ1v) is 9.14. The van der Waals surface area contributed by atoms with Crippen LogP contribution in [0.3, 0.4) is 0 Å². The molecule has 1 aliphatic rings. The number of nitrogens with one attached hydrogen (secondary N) is 1.